The molecular weight excluding hydrogens is 268 g/mol. The van der Waals surface area contributed by atoms with Gasteiger partial charge in [0.1, 0.15) is 0 Å². The molecule has 1 aromatic carbocycles. The fraction of sp³-hybridized carbons (Fsp3) is 0.562. The van der Waals surface area contributed by atoms with Crippen molar-refractivity contribution < 1.29 is 4.79 Å². The molecule has 0 unspecified atom stereocenters. The van der Waals surface area contributed by atoms with Crippen LogP contribution in [0.25, 0.3) is 0 Å². The summed E-state index contributed by atoms with van der Waals surface area (Å²) in [7, 11) is 0. The van der Waals surface area contributed by atoms with Crippen molar-refractivity contribution in [3.05, 3.63) is 29.8 Å². The van der Waals surface area contributed by atoms with Crippen molar-refractivity contribution in [1.82, 2.24) is 10.6 Å². The molecule has 1 rings (SSSR count). The van der Waals surface area contributed by atoms with Crippen LogP contribution in [0.15, 0.2) is 29.2 Å². The Morgan fingerprint density at radius 3 is 2.40 bits per heavy atom. The molecule has 0 atom stereocenters. The minimum atomic E-state index is -0.118. The highest BCUT2D eigenvalue weighted by Crippen LogP contribution is 2.18. The van der Waals surface area contributed by atoms with Crippen LogP contribution >= 0.6 is 11.8 Å². The monoisotopic (exact) mass is 294 g/mol. The third kappa shape index (κ3) is 6.44. The maximum Gasteiger partial charge on any atom is 0.230 e. The topological polar surface area (TPSA) is 41.1 Å². The zero-order chi connectivity index (χ0) is 15.0. The van der Waals surface area contributed by atoms with Gasteiger partial charge >= 0.3 is 0 Å². The van der Waals surface area contributed by atoms with E-state index in [1.807, 2.05) is 13.8 Å². The lowest BCUT2D eigenvalue weighted by molar-refractivity contribution is -0.120. The molecule has 0 aliphatic carbocycles. The van der Waals surface area contributed by atoms with Gasteiger partial charge in [-0.15, -0.1) is 11.8 Å². The minimum absolute atomic E-state index is 0.0959. The van der Waals surface area contributed by atoms with Crippen LogP contribution < -0.4 is 10.6 Å². The fourth-order valence-corrected chi connectivity index (χ4v) is 2.32. The first-order chi connectivity index (χ1) is 9.46. The molecule has 0 aliphatic heterocycles. The molecule has 3 nitrogen and oxygen atoms in total. The summed E-state index contributed by atoms with van der Waals surface area (Å²) in [6, 6.07) is 8.38. The largest absolute Gasteiger partial charge is 0.351 e. The highest BCUT2D eigenvalue weighted by atomic mass is 32.2. The van der Waals surface area contributed by atoms with Crippen molar-refractivity contribution in [2.75, 3.05) is 12.3 Å². The van der Waals surface area contributed by atoms with Crippen molar-refractivity contribution in [3.63, 3.8) is 0 Å². The summed E-state index contributed by atoms with van der Waals surface area (Å²) in [6.07, 6.45) is 0.933. The van der Waals surface area contributed by atoms with E-state index in [1.165, 1.54) is 5.56 Å². The number of thioether (sulfide) groups is 1. The van der Waals surface area contributed by atoms with E-state index in [9.17, 15) is 4.79 Å². The number of amides is 1. The van der Waals surface area contributed by atoms with Gasteiger partial charge in [0, 0.05) is 17.0 Å². The smallest absolute Gasteiger partial charge is 0.230 e. The van der Waals surface area contributed by atoms with Gasteiger partial charge in [-0.25, -0.2) is 0 Å². The Morgan fingerprint density at radius 1 is 1.20 bits per heavy atom. The van der Waals surface area contributed by atoms with Crippen LogP contribution in [0.5, 0.6) is 0 Å². The van der Waals surface area contributed by atoms with Crippen LogP contribution in [0.1, 0.15) is 39.7 Å². The zero-order valence-electron chi connectivity index (χ0n) is 13.0. The van der Waals surface area contributed by atoms with Crippen molar-refractivity contribution in [3.8, 4) is 0 Å². The minimum Gasteiger partial charge on any atom is -0.351 e. The second-order valence-electron chi connectivity index (χ2n) is 5.50. The predicted octanol–water partition coefficient (Wildman–Crippen LogP) is 3.19. The summed E-state index contributed by atoms with van der Waals surface area (Å²) >= 11 is 1.58. The van der Waals surface area contributed by atoms with Gasteiger partial charge in [0.05, 0.1) is 5.75 Å². The lowest BCUT2D eigenvalue weighted by Crippen LogP contribution is -2.43. The van der Waals surface area contributed by atoms with E-state index in [4.69, 9.17) is 0 Å². The Kier molecular flexibility index (Phi) is 7.10. The summed E-state index contributed by atoms with van der Waals surface area (Å²) in [4.78, 5) is 13.0. The second-order valence-corrected chi connectivity index (χ2v) is 6.55. The summed E-state index contributed by atoms with van der Waals surface area (Å²) in [5, 5.41) is 6.34. The highest BCUT2D eigenvalue weighted by Gasteiger charge is 2.17. The van der Waals surface area contributed by atoms with E-state index >= 15 is 0 Å². The number of benzene rings is 1. The molecule has 1 aromatic rings. The van der Waals surface area contributed by atoms with E-state index in [0.29, 0.717) is 5.75 Å². The molecule has 0 bridgehead atoms. The van der Waals surface area contributed by atoms with Crippen LogP contribution in [0, 0.1) is 0 Å². The Bertz CT molecular complexity index is 415. The maximum absolute atomic E-state index is 11.9. The molecule has 2 N–H and O–H groups in total. The Balaban J connectivity index is 2.40. The van der Waals surface area contributed by atoms with E-state index in [1.54, 1.807) is 11.8 Å². The lowest BCUT2D eigenvalue weighted by atomic mass is 10.0. The van der Waals surface area contributed by atoms with Gasteiger partial charge in [-0.2, -0.15) is 0 Å². The van der Waals surface area contributed by atoms with Gasteiger partial charge < -0.3 is 10.6 Å². The first kappa shape index (κ1) is 17.1. The van der Waals surface area contributed by atoms with Crippen LogP contribution in [-0.2, 0) is 11.3 Å². The van der Waals surface area contributed by atoms with Crippen molar-refractivity contribution >= 4 is 17.7 Å². The van der Waals surface area contributed by atoms with E-state index in [0.717, 1.165) is 24.4 Å². The molecule has 20 heavy (non-hydrogen) atoms. The van der Waals surface area contributed by atoms with Gasteiger partial charge in [-0.1, -0.05) is 26.0 Å². The summed E-state index contributed by atoms with van der Waals surface area (Å²) in [5.74, 6) is 0.564. The molecule has 0 saturated carbocycles. The normalized spacial score (nSPS) is 11.4. The molecule has 4 heteroatoms. The fourth-order valence-electron chi connectivity index (χ4n) is 1.62. The van der Waals surface area contributed by atoms with E-state index < -0.39 is 0 Å². The molecule has 0 radical (unpaired) electrons. The molecule has 112 valence electrons. The second kappa shape index (κ2) is 8.32. The summed E-state index contributed by atoms with van der Waals surface area (Å²) < 4.78 is 0. The van der Waals surface area contributed by atoms with Gasteiger partial charge in [0.15, 0.2) is 0 Å². The number of carbonyl (C=O) groups is 1. The zero-order valence-corrected chi connectivity index (χ0v) is 13.8. The van der Waals surface area contributed by atoms with Crippen molar-refractivity contribution in [1.29, 1.82) is 0 Å². The third-order valence-corrected chi connectivity index (χ3v) is 4.25. The SMILES string of the molecule is CCNCc1ccc(SCC(=O)NC(C)(C)CC)cc1. The quantitative estimate of drug-likeness (QED) is 0.724. The number of nitrogens with one attached hydrogen (secondary N) is 2. The molecule has 0 saturated heterocycles. The summed E-state index contributed by atoms with van der Waals surface area (Å²) in [6.45, 7) is 10.1. The molecule has 0 fully saturated rings. The molecular formula is C16H26N2OS. The van der Waals surface area contributed by atoms with Crippen molar-refractivity contribution in [2.45, 2.75) is 51.1 Å². The number of hydrogen-bond acceptors (Lipinski definition) is 3. The molecule has 0 heterocycles. The Morgan fingerprint density at radius 2 is 1.85 bits per heavy atom. The first-order valence-electron chi connectivity index (χ1n) is 7.20. The maximum atomic E-state index is 11.9. The van der Waals surface area contributed by atoms with Gasteiger partial charge in [0.2, 0.25) is 5.91 Å². The summed E-state index contributed by atoms with van der Waals surface area (Å²) in [5.41, 5.74) is 1.15. The van der Waals surface area contributed by atoms with Gasteiger partial charge in [0.25, 0.3) is 0 Å². The molecule has 0 spiro atoms. The third-order valence-electron chi connectivity index (χ3n) is 3.23. The van der Waals surface area contributed by atoms with Gasteiger partial charge in [-0.05, 0) is 44.5 Å². The number of rotatable bonds is 8. The average Bonchev–Trinajstić information content (AvgIpc) is 2.43. The van der Waals surface area contributed by atoms with Gasteiger partial charge in [-0.3, -0.25) is 4.79 Å². The van der Waals surface area contributed by atoms with Crippen LogP contribution in [0.2, 0.25) is 0 Å². The Labute approximate surface area is 126 Å². The molecule has 0 aliphatic rings. The average molecular weight is 294 g/mol. The van der Waals surface area contributed by atoms with Crippen LogP contribution in [0.4, 0.5) is 0 Å². The predicted molar refractivity (Wildman–Crippen MR) is 87.1 cm³/mol. The lowest BCUT2D eigenvalue weighted by Gasteiger charge is -2.24. The number of hydrogen-bond donors (Lipinski definition) is 2. The van der Waals surface area contributed by atoms with Crippen LogP contribution in [0.3, 0.4) is 0 Å². The standard InChI is InChI=1S/C16H26N2OS/c1-5-16(3,4)18-15(19)12-20-14-9-7-13(8-10-14)11-17-6-2/h7-10,17H,5-6,11-12H2,1-4H3,(H,18,19). The Hall–Kier alpha value is -1.00. The van der Waals surface area contributed by atoms with E-state index in [2.05, 4.69) is 48.7 Å². The first-order valence-corrected chi connectivity index (χ1v) is 8.19. The van der Waals surface area contributed by atoms with Crippen molar-refractivity contribution in [2.24, 2.45) is 0 Å². The van der Waals surface area contributed by atoms with E-state index in [-0.39, 0.29) is 11.4 Å². The number of carbonyl (C=O) groups excluding carboxylic acids is 1. The van der Waals surface area contributed by atoms with Crippen LogP contribution in [-0.4, -0.2) is 23.7 Å². The highest BCUT2D eigenvalue weighted by molar-refractivity contribution is 8.00. The molecule has 1 amide bonds. The molecule has 0 aromatic heterocycles.